The van der Waals surface area contributed by atoms with Crippen LogP contribution in [0.25, 0.3) is 10.9 Å². The number of fused-ring (bicyclic) bond motifs is 1. The average molecular weight is 452 g/mol. The lowest BCUT2D eigenvalue weighted by molar-refractivity contribution is -0.127. The Labute approximate surface area is 197 Å². The number of amides is 2. The SMILES string of the molecule is CC(C)C[C@@H](C#N)NC(=O)[C@@H]1CCCC[C@@H]1NC(=O)c1ccc2c(ccn2CCN(C)C)c1. The minimum Gasteiger partial charge on any atom is -0.349 e. The summed E-state index contributed by atoms with van der Waals surface area (Å²) in [4.78, 5) is 28.2. The largest absolute Gasteiger partial charge is 0.349 e. The monoisotopic (exact) mass is 451 g/mol. The minimum atomic E-state index is -0.491. The maximum Gasteiger partial charge on any atom is 0.251 e. The van der Waals surface area contributed by atoms with E-state index in [0.717, 1.165) is 49.7 Å². The van der Waals surface area contributed by atoms with E-state index in [-0.39, 0.29) is 23.8 Å². The topological polar surface area (TPSA) is 90.2 Å². The molecule has 33 heavy (non-hydrogen) atoms. The minimum absolute atomic E-state index is 0.124. The lowest BCUT2D eigenvalue weighted by Gasteiger charge is -2.32. The number of nitrogens with zero attached hydrogens (tertiary/aromatic N) is 3. The second-order valence-electron chi connectivity index (χ2n) is 9.88. The molecule has 0 unspecified atom stereocenters. The molecule has 1 saturated carbocycles. The fourth-order valence-corrected chi connectivity index (χ4v) is 4.61. The van der Waals surface area contributed by atoms with Gasteiger partial charge in [0, 0.05) is 41.8 Å². The van der Waals surface area contributed by atoms with Gasteiger partial charge in [-0.2, -0.15) is 5.26 Å². The van der Waals surface area contributed by atoms with Crippen molar-refractivity contribution in [3.8, 4) is 6.07 Å². The molecule has 7 nitrogen and oxygen atoms in total. The van der Waals surface area contributed by atoms with E-state index in [0.29, 0.717) is 17.9 Å². The smallest absolute Gasteiger partial charge is 0.251 e. The first-order chi connectivity index (χ1) is 15.8. The lowest BCUT2D eigenvalue weighted by Crippen LogP contribution is -2.50. The van der Waals surface area contributed by atoms with Gasteiger partial charge < -0.3 is 20.1 Å². The third-order valence-corrected chi connectivity index (χ3v) is 6.42. The van der Waals surface area contributed by atoms with Crippen LogP contribution in [0.2, 0.25) is 0 Å². The van der Waals surface area contributed by atoms with E-state index in [2.05, 4.69) is 46.5 Å². The Hall–Kier alpha value is -2.85. The molecule has 1 aliphatic rings. The van der Waals surface area contributed by atoms with Gasteiger partial charge in [0.25, 0.3) is 5.91 Å². The normalized spacial score (nSPS) is 19.4. The first kappa shape index (κ1) is 24.8. The summed E-state index contributed by atoms with van der Waals surface area (Å²) in [6.07, 6.45) is 6.12. The van der Waals surface area contributed by atoms with Gasteiger partial charge in [0.05, 0.1) is 12.0 Å². The predicted octanol–water partition coefficient (Wildman–Crippen LogP) is 3.55. The fraction of sp³-hybridized carbons (Fsp3) is 0.577. The zero-order valence-electron chi connectivity index (χ0n) is 20.3. The van der Waals surface area contributed by atoms with Crippen LogP contribution in [0.5, 0.6) is 0 Å². The zero-order valence-corrected chi connectivity index (χ0v) is 20.3. The molecular formula is C26H37N5O2. The number of nitriles is 1. The van der Waals surface area contributed by atoms with Crippen molar-refractivity contribution >= 4 is 22.7 Å². The van der Waals surface area contributed by atoms with Crippen molar-refractivity contribution in [1.29, 1.82) is 5.26 Å². The number of hydrogen-bond acceptors (Lipinski definition) is 4. The summed E-state index contributed by atoms with van der Waals surface area (Å²) in [6.45, 7) is 5.91. The molecule has 3 rings (SSSR count). The molecule has 7 heteroatoms. The Balaban J connectivity index is 1.67. The number of rotatable bonds is 9. The first-order valence-corrected chi connectivity index (χ1v) is 12.0. The second-order valence-corrected chi connectivity index (χ2v) is 9.88. The summed E-state index contributed by atoms with van der Waals surface area (Å²) in [6, 6.07) is 9.29. The Kier molecular flexibility index (Phi) is 8.51. The Bertz CT molecular complexity index is 1000. The van der Waals surface area contributed by atoms with E-state index in [1.165, 1.54) is 0 Å². The van der Waals surface area contributed by atoms with Crippen molar-refractivity contribution in [2.75, 3.05) is 20.6 Å². The van der Waals surface area contributed by atoms with Crippen LogP contribution in [-0.2, 0) is 11.3 Å². The van der Waals surface area contributed by atoms with Crippen molar-refractivity contribution in [2.45, 2.75) is 64.6 Å². The number of benzene rings is 1. The van der Waals surface area contributed by atoms with Gasteiger partial charge >= 0.3 is 0 Å². The Morgan fingerprint density at radius 1 is 1.21 bits per heavy atom. The molecule has 3 atom stereocenters. The average Bonchev–Trinajstić information content (AvgIpc) is 3.19. The highest BCUT2D eigenvalue weighted by atomic mass is 16.2. The highest BCUT2D eigenvalue weighted by molar-refractivity contribution is 5.98. The molecule has 0 spiro atoms. The third kappa shape index (κ3) is 6.58. The van der Waals surface area contributed by atoms with Crippen LogP contribution in [0.3, 0.4) is 0 Å². The quantitative estimate of drug-likeness (QED) is 0.610. The molecule has 1 aliphatic carbocycles. The molecule has 2 aromatic rings. The number of likely N-dealkylation sites (N-methyl/N-ethyl adjacent to an activating group) is 1. The van der Waals surface area contributed by atoms with Gasteiger partial charge in [-0.25, -0.2) is 0 Å². The summed E-state index contributed by atoms with van der Waals surface area (Å²) in [5.41, 5.74) is 1.71. The highest BCUT2D eigenvalue weighted by Crippen LogP contribution is 2.26. The fourth-order valence-electron chi connectivity index (χ4n) is 4.61. The van der Waals surface area contributed by atoms with E-state index in [1.807, 2.05) is 38.1 Å². The zero-order chi connectivity index (χ0) is 24.0. The van der Waals surface area contributed by atoms with Crippen LogP contribution in [0.15, 0.2) is 30.5 Å². The molecule has 178 valence electrons. The predicted molar refractivity (Wildman–Crippen MR) is 131 cm³/mol. The third-order valence-electron chi connectivity index (χ3n) is 6.42. The number of hydrogen-bond donors (Lipinski definition) is 2. The lowest BCUT2D eigenvalue weighted by atomic mass is 9.83. The molecular weight excluding hydrogens is 414 g/mol. The van der Waals surface area contributed by atoms with Gasteiger partial charge in [-0.05, 0) is 63.5 Å². The van der Waals surface area contributed by atoms with Gasteiger partial charge in [0.2, 0.25) is 5.91 Å². The molecule has 1 heterocycles. The first-order valence-electron chi connectivity index (χ1n) is 12.0. The molecule has 0 saturated heterocycles. The molecule has 2 amide bonds. The van der Waals surface area contributed by atoms with Crippen LogP contribution in [0, 0.1) is 23.2 Å². The molecule has 1 fully saturated rings. The summed E-state index contributed by atoms with van der Waals surface area (Å²) in [7, 11) is 4.11. The van der Waals surface area contributed by atoms with Gasteiger partial charge in [0.15, 0.2) is 0 Å². The number of carbonyl (C=O) groups is 2. The van der Waals surface area contributed by atoms with Crippen molar-refractivity contribution in [3.63, 3.8) is 0 Å². The number of aromatic nitrogens is 1. The summed E-state index contributed by atoms with van der Waals surface area (Å²) < 4.78 is 2.20. The standard InChI is InChI=1S/C26H37N5O2/c1-18(2)15-21(17-27)28-26(33)22-7-5-6-8-23(22)29-25(32)20-9-10-24-19(16-20)11-12-31(24)14-13-30(3)4/h9-12,16,18,21-23H,5-8,13-15H2,1-4H3,(H,28,33)(H,29,32)/t21-,22+,23-/m0/s1. The van der Waals surface area contributed by atoms with Crippen LogP contribution < -0.4 is 10.6 Å². The molecule has 2 N–H and O–H groups in total. The van der Waals surface area contributed by atoms with Gasteiger partial charge in [-0.1, -0.05) is 26.7 Å². The van der Waals surface area contributed by atoms with Crippen molar-refractivity contribution in [3.05, 3.63) is 36.0 Å². The second kappa shape index (κ2) is 11.3. The van der Waals surface area contributed by atoms with E-state index in [9.17, 15) is 14.9 Å². The highest BCUT2D eigenvalue weighted by Gasteiger charge is 2.33. The van der Waals surface area contributed by atoms with Gasteiger partial charge in [0.1, 0.15) is 6.04 Å². The van der Waals surface area contributed by atoms with E-state index >= 15 is 0 Å². The Morgan fingerprint density at radius 3 is 2.67 bits per heavy atom. The molecule has 1 aromatic heterocycles. The summed E-state index contributed by atoms with van der Waals surface area (Å²) >= 11 is 0. The summed E-state index contributed by atoms with van der Waals surface area (Å²) in [5.74, 6) is -0.256. The van der Waals surface area contributed by atoms with Crippen LogP contribution in [0.4, 0.5) is 0 Å². The van der Waals surface area contributed by atoms with Gasteiger partial charge in [-0.15, -0.1) is 0 Å². The molecule has 0 radical (unpaired) electrons. The van der Waals surface area contributed by atoms with Crippen molar-refractivity contribution in [2.24, 2.45) is 11.8 Å². The van der Waals surface area contributed by atoms with Crippen molar-refractivity contribution < 1.29 is 9.59 Å². The molecule has 1 aromatic carbocycles. The van der Waals surface area contributed by atoms with Crippen molar-refractivity contribution in [1.82, 2.24) is 20.1 Å². The maximum atomic E-state index is 13.1. The number of carbonyl (C=O) groups excluding carboxylic acids is 2. The van der Waals surface area contributed by atoms with Crippen LogP contribution in [0.1, 0.15) is 56.3 Å². The van der Waals surface area contributed by atoms with E-state index in [4.69, 9.17) is 0 Å². The van der Waals surface area contributed by atoms with Crippen LogP contribution in [-0.4, -0.2) is 54.0 Å². The summed E-state index contributed by atoms with van der Waals surface area (Å²) in [5, 5.41) is 16.4. The van der Waals surface area contributed by atoms with E-state index < -0.39 is 6.04 Å². The number of nitrogens with one attached hydrogen (secondary N) is 2. The van der Waals surface area contributed by atoms with E-state index in [1.54, 1.807) is 0 Å². The Morgan fingerprint density at radius 2 is 1.97 bits per heavy atom. The van der Waals surface area contributed by atoms with Crippen LogP contribution >= 0.6 is 0 Å². The maximum absolute atomic E-state index is 13.1. The molecule has 0 bridgehead atoms. The van der Waals surface area contributed by atoms with Gasteiger partial charge in [-0.3, -0.25) is 9.59 Å². The molecule has 0 aliphatic heterocycles.